The van der Waals surface area contributed by atoms with Crippen molar-refractivity contribution in [2.45, 2.75) is 43.9 Å². The molecule has 0 spiro atoms. The first-order valence-corrected chi connectivity index (χ1v) is 7.02. The highest BCUT2D eigenvalue weighted by atomic mass is 32.2. The molecule has 0 saturated carbocycles. The highest BCUT2D eigenvalue weighted by Crippen LogP contribution is 2.21. The van der Waals surface area contributed by atoms with Gasteiger partial charge in [-0.2, -0.15) is 8.78 Å². The van der Waals surface area contributed by atoms with Crippen molar-refractivity contribution in [2.24, 2.45) is 0 Å². The lowest BCUT2D eigenvalue weighted by Crippen LogP contribution is -2.25. The van der Waals surface area contributed by atoms with E-state index in [0.29, 0.717) is 36.4 Å². The lowest BCUT2D eigenvalue weighted by atomic mass is 10.2. The van der Waals surface area contributed by atoms with Crippen LogP contribution in [0.4, 0.5) is 8.78 Å². The zero-order valence-corrected chi connectivity index (χ0v) is 11.2. The molecule has 0 radical (unpaired) electrons. The topological polar surface area (TPSA) is 45.4 Å². The van der Waals surface area contributed by atoms with Gasteiger partial charge in [-0.1, -0.05) is 25.1 Å². The summed E-state index contributed by atoms with van der Waals surface area (Å²) in [5, 5.41) is 12.6. The summed E-state index contributed by atoms with van der Waals surface area (Å²) in [7, 11) is 0. The average Bonchev–Trinajstić information content (AvgIpc) is 2.75. The fourth-order valence-corrected chi connectivity index (χ4v) is 1.98. The Morgan fingerprint density at radius 2 is 2.11 bits per heavy atom. The van der Waals surface area contributed by atoms with Crippen LogP contribution in [0.3, 0.4) is 0 Å². The predicted octanol–water partition coefficient (Wildman–Crippen LogP) is 2.99. The molecule has 18 heavy (non-hydrogen) atoms. The minimum absolute atomic E-state index is 0.177. The number of thioether (sulfide) groups is 1. The smallest absolute Gasteiger partial charge is 0.284 e. The second-order valence-corrected chi connectivity index (χ2v) is 4.99. The van der Waals surface area contributed by atoms with Crippen LogP contribution < -0.4 is 5.32 Å². The van der Waals surface area contributed by atoms with Crippen LogP contribution in [0, 0.1) is 0 Å². The summed E-state index contributed by atoms with van der Waals surface area (Å²) in [6.45, 7) is 3.03. The Labute approximate surface area is 110 Å². The zero-order chi connectivity index (χ0) is 13.4. The van der Waals surface area contributed by atoms with Crippen LogP contribution in [0.5, 0.6) is 0 Å². The van der Waals surface area contributed by atoms with Gasteiger partial charge >= 0.3 is 0 Å². The van der Waals surface area contributed by atoms with Crippen LogP contribution in [0.15, 0.2) is 16.5 Å². The first-order valence-electron chi connectivity index (χ1n) is 5.98. The molecule has 1 atom stereocenters. The molecule has 1 aromatic heterocycles. The molecule has 0 aliphatic carbocycles. The molecule has 3 nitrogen and oxygen atoms in total. The number of furan rings is 1. The Morgan fingerprint density at radius 3 is 2.78 bits per heavy atom. The molecule has 6 heteroatoms. The van der Waals surface area contributed by atoms with E-state index in [2.05, 4.69) is 5.32 Å². The lowest BCUT2D eigenvalue weighted by molar-refractivity contribution is 0.159. The van der Waals surface area contributed by atoms with Gasteiger partial charge in [-0.05, 0) is 18.6 Å². The first-order chi connectivity index (χ1) is 8.61. The van der Waals surface area contributed by atoms with E-state index in [1.54, 1.807) is 12.1 Å². The standard InChI is InChI=1S/C12H19F2NO2S/c1-2-3-9(16)6-15-7-10-4-5-11(17-10)8-18-12(13)14/h4-5,9,12,15-16H,2-3,6-8H2,1H3. The van der Waals surface area contributed by atoms with Gasteiger partial charge in [0.05, 0.1) is 18.4 Å². The van der Waals surface area contributed by atoms with Gasteiger partial charge in [0.2, 0.25) is 0 Å². The van der Waals surface area contributed by atoms with Gasteiger partial charge in [-0.3, -0.25) is 0 Å². The zero-order valence-electron chi connectivity index (χ0n) is 10.4. The first kappa shape index (κ1) is 15.5. The third-order valence-electron chi connectivity index (χ3n) is 2.37. The third kappa shape index (κ3) is 6.37. The molecule has 1 aromatic rings. The van der Waals surface area contributed by atoms with Crippen LogP contribution in [-0.4, -0.2) is 23.5 Å². The fraction of sp³-hybridized carbons (Fsp3) is 0.667. The molecule has 2 N–H and O–H groups in total. The van der Waals surface area contributed by atoms with Gasteiger partial charge in [0.25, 0.3) is 5.76 Å². The maximum Gasteiger partial charge on any atom is 0.284 e. The van der Waals surface area contributed by atoms with E-state index in [1.165, 1.54) is 0 Å². The minimum Gasteiger partial charge on any atom is -0.464 e. The highest BCUT2D eigenvalue weighted by molar-refractivity contribution is 7.98. The van der Waals surface area contributed by atoms with Crippen LogP contribution in [-0.2, 0) is 12.3 Å². The lowest BCUT2D eigenvalue weighted by Gasteiger charge is -2.09. The van der Waals surface area contributed by atoms with Gasteiger partial charge in [0, 0.05) is 6.54 Å². The van der Waals surface area contributed by atoms with Crippen molar-refractivity contribution in [1.82, 2.24) is 5.32 Å². The van der Waals surface area contributed by atoms with Gasteiger partial charge in [0.15, 0.2) is 0 Å². The van der Waals surface area contributed by atoms with Crippen molar-refractivity contribution in [3.8, 4) is 0 Å². The summed E-state index contributed by atoms with van der Waals surface area (Å²) < 4.78 is 29.3. The number of rotatable bonds is 9. The van der Waals surface area contributed by atoms with Crippen LogP contribution in [0.1, 0.15) is 31.3 Å². The molecule has 0 saturated heterocycles. The summed E-state index contributed by atoms with van der Waals surface area (Å²) in [6, 6.07) is 3.47. The molecule has 1 unspecified atom stereocenters. The van der Waals surface area contributed by atoms with Crippen LogP contribution >= 0.6 is 11.8 Å². The van der Waals surface area contributed by atoms with Crippen molar-refractivity contribution < 1.29 is 18.3 Å². The monoisotopic (exact) mass is 279 g/mol. The molecule has 0 bridgehead atoms. The fourth-order valence-electron chi connectivity index (χ4n) is 1.54. The van der Waals surface area contributed by atoms with Crippen molar-refractivity contribution in [3.05, 3.63) is 23.7 Å². The summed E-state index contributed by atoms with van der Waals surface area (Å²) in [4.78, 5) is 0. The third-order valence-corrected chi connectivity index (χ3v) is 3.07. The summed E-state index contributed by atoms with van der Waals surface area (Å²) >= 11 is 0.546. The number of nitrogens with one attached hydrogen (secondary N) is 1. The maximum absolute atomic E-state index is 12.0. The molecule has 0 aromatic carbocycles. The minimum atomic E-state index is -2.37. The molecular weight excluding hydrogens is 260 g/mol. The number of halogens is 2. The van der Waals surface area contributed by atoms with Crippen molar-refractivity contribution >= 4 is 11.8 Å². The van der Waals surface area contributed by atoms with E-state index in [-0.39, 0.29) is 11.9 Å². The van der Waals surface area contributed by atoms with Crippen molar-refractivity contribution in [2.75, 3.05) is 6.54 Å². The van der Waals surface area contributed by atoms with E-state index in [0.717, 1.165) is 12.8 Å². The maximum atomic E-state index is 12.0. The predicted molar refractivity (Wildman–Crippen MR) is 68.6 cm³/mol. The van der Waals surface area contributed by atoms with E-state index in [9.17, 15) is 13.9 Å². The van der Waals surface area contributed by atoms with Crippen molar-refractivity contribution in [1.29, 1.82) is 0 Å². The van der Waals surface area contributed by atoms with E-state index in [4.69, 9.17) is 4.42 Å². The number of hydrogen-bond donors (Lipinski definition) is 2. The molecule has 0 fully saturated rings. The number of alkyl halides is 2. The van der Waals surface area contributed by atoms with Gasteiger partial charge in [0.1, 0.15) is 11.5 Å². The number of hydrogen-bond acceptors (Lipinski definition) is 4. The normalized spacial score (nSPS) is 13.2. The molecule has 1 heterocycles. The summed E-state index contributed by atoms with van der Waals surface area (Å²) in [5.41, 5.74) is 0. The second-order valence-electron chi connectivity index (χ2n) is 4.01. The van der Waals surface area contributed by atoms with Gasteiger partial charge < -0.3 is 14.8 Å². The summed E-state index contributed by atoms with van der Waals surface area (Å²) in [5.74, 6) is -0.952. The molecular formula is C12H19F2NO2S. The van der Waals surface area contributed by atoms with E-state index >= 15 is 0 Å². The Kier molecular flexibility index (Phi) is 7.31. The largest absolute Gasteiger partial charge is 0.464 e. The Hall–Kier alpha value is -0.590. The number of aliphatic hydroxyl groups is 1. The Bertz CT molecular complexity index is 334. The Balaban J connectivity index is 2.22. The molecule has 0 aliphatic heterocycles. The van der Waals surface area contributed by atoms with Crippen LogP contribution in [0.25, 0.3) is 0 Å². The van der Waals surface area contributed by atoms with Gasteiger partial charge in [-0.15, -0.1) is 0 Å². The summed E-state index contributed by atoms with van der Waals surface area (Å²) in [6.07, 6.45) is 1.36. The van der Waals surface area contributed by atoms with E-state index < -0.39 is 5.76 Å². The number of aliphatic hydroxyl groups excluding tert-OH is 1. The Morgan fingerprint density at radius 1 is 1.39 bits per heavy atom. The molecule has 1 rings (SSSR count). The van der Waals surface area contributed by atoms with Gasteiger partial charge in [-0.25, -0.2) is 0 Å². The van der Waals surface area contributed by atoms with E-state index in [1.807, 2.05) is 6.92 Å². The quantitative estimate of drug-likeness (QED) is 0.729. The van der Waals surface area contributed by atoms with Crippen LogP contribution in [0.2, 0.25) is 0 Å². The average molecular weight is 279 g/mol. The molecule has 104 valence electrons. The second kappa shape index (κ2) is 8.50. The molecule has 0 amide bonds. The SMILES string of the molecule is CCCC(O)CNCc1ccc(CSC(F)F)o1. The molecule has 0 aliphatic rings. The highest BCUT2D eigenvalue weighted by Gasteiger charge is 2.07. The van der Waals surface area contributed by atoms with Crippen molar-refractivity contribution in [3.63, 3.8) is 0 Å².